The fourth-order valence-corrected chi connectivity index (χ4v) is 5.46. The maximum Gasteiger partial charge on any atom is 0.338 e. The van der Waals surface area contributed by atoms with Gasteiger partial charge in [0.25, 0.3) is 5.56 Å². The average molecular weight is 585 g/mol. The second kappa shape index (κ2) is 10.9. The van der Waals surface area contributed by atoms with Crippen LogP contribution in [0, 0.1) is 0 Å². The number of hydrogen-bond donors (Lipinski definition) is 0. The van der Waals surface area contributed by atoms with Gasteiger partial charge in [0.2, 0.25) is 0 Å². The van der Waals surface area contributed by atoms with E-state index in [0.717, 1.165) is 10.0 Å². The van der Waals surface area contributed by atoms with E-state index in [1.54, 1.807) is 37.3 Å². The fourth-order valence-electron chi connectivity index (χ4n) is 4.03. The van der Waals surface area contributed by atoms with Crippen molar-refractivity contribution in [1.82, 2.24) is 4.57 Å². The fraction of sp³-hybridized carbons (Fsp3) is 0.259. The van der Waals surface area contributed by atoms with Crippen molar-refractivity contribution in [3.8, 4) is 11.5 Å². The number of aromatic nitrogens is 1. The minimum atomic E-state index is -0.802. The summed E-state index contributed by atoms with van der Waals surface area (Å²) < 4.78 is 19.0. The van der Waals surface area contributed by atoms with E-state index < -0.39 is 18.0 Å². The molecule has 10 heteroatoms. The van der Waals surface area contributed by atoms with E-state index in [1.807, 2.05) is 32.0 Å². The molecule has 2 heterocycles. The summed E-state index contributed by atoms with van der Waals surface area (Å²) in [6.45, 7) is 6.88. The van der Waals surface area contributed by atoms with Crippen LogP contribution in [-0.4, -0.2) is 29.7 Å². The van der Waals surface area contributed by atoms with E-state index in [9.17, 15) is 14.4 Å². The average Bonchev–Trinajstić information content (AvgIpc) is 3.14. The van der Waals surface area contributed by atoms with Gasteiger partial charge in [-0.2, -0.15) is 0 Å². The summed E-state index contributed by atoms with van der Waals surface area (Å²) in [5.41, 5.74) is 1.80. The van der Waals surface area contributed by atoms with Crippen molar-refractivity contribution in [2.75, 3.05) is 7.11 Å². The van der Waals surface area contributed by atoms with Crippen molar-refractivity contribution in [3.05, 3.63) is 89.0 Å². The lowest BCUT2D eigenvalue weighted by atomic mass is 9.95. The normalized spacial score (nSPS) is 15.3. The highest BCUT2D eigenvalue weighted by Gasteiger charge is 2.35. The molecule has 0 aliphatic carbocycles. The number of allylic oxidation sites excluding steroid dienone is 1. The Morgan fingerprint density at radius 2 is 1.86 bits per heavy atom. The Morgan fingerprint density at radius 1 is 1.16 bits per heavy atom. The summed E-state index contributed by atoms with van der Waals surface area (Å²) in [6.07, 6.45) is 1.61. The highest BCUT2D eigenvalue weighted by atomic mass is 79.9. The Bertz CT molecular complexity index is 1580. The zero-order chi connectivity index (χ0) is 26.9. The van der Waals surface area contributed by atoms with Gasteiger partial charge in [0.05, 0.1) is 29.0 Å². The van der Waals surface area contributed by atoms with Crippen LogP contribution in [0.15, 0.2) is 68.0 Å². The number of carbonyl (C=O) groups is 2. The molecule has 0 radical (unpaired) electrons. The van der Waals surface area contributed by atoms with Gasteiger partial charge in [0.1, 0.15) is 17.5 Å². The van der Waals surface area contributed by atoms with E-state index in [0.29, 0.717) is 32.1 Å². The summed E-state index contributed by atoms with van der Waals surface area (Å²) in [5, 5.41) is 0. The molecule has 2 aromatic carbocycles. The third-order valence-corrected chi connectivity index (χ3v) is 6.97. The maximum atomic E-state index is 13.8. The van der Waals surface area contributed by atoms with Crippen LogP contribution in [0.3, 0.4) is 0 Å². The molecule has 1 aliphatic heterocycles. The third kappa shape index (κ3) is 5.60. The monoisotopic (exact) mass is 584 g/mol. The molecule has 8 nitrogen and oxygen atoms in total. The highest BCUT2D eigenvalue weighted by molar-refractivity contribution is 9.10. The van der Waals surface area contributed by atoms with E-state index >= 15 is 0 Å². The minimum absolute atomic E-state index is 0.127. The second-order valence-corrected chi connectivity index (χ2v) is 10.5. The Balaban J connectivity index is 1.93. The van der Waals surface area contributed by atoms with Gasteiger partial charge >= 0.3 is 11.9 Å². The number of esters is 2. The highest BCUT2D eigenvalue weighted by Crippen LogP contribution is 2.37. The predicted molar refractivity (Wildman–Crippen MR) is 143 cm³/mol. The van der Waals surface area contributed by atoms with Gasteiger partial charge in [-0.1, -0.05) is 39.4 Å². The minimum Gasteiger partial charge on any atom is -0.491 e. The molecular formula is C27H25BrN2O6S. The number of carbonyl (C=O) groups excluding carboxylic acids is 2. The number of rotatable bonds is 6. The van der Waals surface area contributed by atoms with Crippen LogP contribution in [0.1, 0.15) is 44.9 Å². The summed E-state index contributed by atoms with van der Waals surface area (Å²) >= 11 is 4.74. The van der Waals surface area contributed by atoms with E-state index in [-0.39, 0.29) is 17.2 Å². The standard InChI is InChI=1S/C27H25BrN2O6S/c1-14(2)35-21-11-8-18(28)13-20(21)24-23(26(33)34-5)15(3)29-27-30(24)25(32)22(37-27)12-17-6-9-19(10-7-17)36-16(4)31/h6-14,24H,1-5H3/b22-12-/t24-/m0/s1. The van der Waals surface area contributed by atoms with Crippen molar-refractivity contribution in [1.29, 1.82) is 0 Å². The van der Waals surface area contributed by atoms with Crippen LogP contribution >= 0.6 is 27.3 Å². The lowest BCUT2D eigenvalue weighted by Crippen LogP contribution is -2.40. The van der Waals surface area contributed by atoms with Crippen molar-refractivity contribution >= 4 is 45.3 Å². The SMILES string of the molecule is COC(=O)C1=C(C)N=c2s/c(=C\c3ccc(OC(C)=O)cc3)c(=O)n2[C@H]1c1cc(Br)ccc1OC(C)C. The number of benzene rings is 2. The van der Waals surface area contributed by atoms with Gasteiger partial charge in [-0.25, -0.2) is 9.79 Å². The first-order valence-electron chi connectivity index (χ1n) is 11.4. The first kappa shape index (κ1) is 26.6. The number of fused-ring (bicyclic) bond motifs is 1. The lowest BCUT2D eigenvalue weighted by molar-refractivity contribution is -0.136. The van der Waals surface area contributed by atoms with Crippen molar-refractivity contribution in [2.24, 2.45) is 4.99 Å². The molecule has 1 atom stereocenters. The molecule has 0 amide bonds. The number of ether oxygens (including phenoxy) is 3. The van der Waals surface area contributed by atoms with E-state index in [4.69, 9.17) is 14.2 Å². The van der Waals surface area contributed by atoms with Crippen molar-refractivity contribution in [2.45, 2.75) is 39.8 Å². The third-order valence-electron chi connectivity index (χ3n) is 5.50. The predicted octanol–water partition coefficient (Wildman–Crippen LogP) is 3.88. The molecule has 1 aliphatic rings. The molecule has 0 N–H and O–H groups in total. The molecule has 0 fully saturated rings. The second-order valence-electron chi connectivity index (χ2n) is 8.58. The molecule has 0 unspecified atom stereocenters. The first-order valence-corrected chi connectivity index (χ1v) is 13.1. The summed E-state index contributed by atoms with van der Waals surface area (Å²) in [7, 11) is 1.30. The van der Waals surface area contributed by atoms with Gasteiger partial charge in [-0.15, -0.1) is 0 Å². The Hall–Kier alpha value is -3.50. The number of thiazole rings is 1. The van der Waals surface area contributed by atoms with Gasteiger partial charge in [-0.3, -0.25) is 14.2 Å². The number of nitrogens with zero attached hydrogens (tertiary/aromatic N) is 2. The summed E-state index contributed by atoms with van der Waals surface area (Å²) in [5.74, 6) is -0.0185. The van der Waals surface area contributed by atoms with Gasteiger partial charge in [0.15, 0.2) is 4.80 Å². The van der Waals surface area contributed by atoms with Gasteiger partial charge in [0, 0.05) is 17.0 Å². The molecule has 192 valence electrons. The summed E-state index contributed by atoms with van der Waals surface area (Å²) in [6, 6.07) is 11.5. The number of halogens is 1. The van der Waals surface area contributed by atoms with Crippen molar-refractivity contribution in [3.63, 3.8) is 0 Å². The largest absolute Gasteiger partial charge is 0.491 e. The molecule has 0 saturated heterocycles. The van der Waals surface area contributed by atoms with Crippen LogP contribution in [0.25, 0.3) is 6.08 Å². The topological polar surface area (TPSA) is 96.2 Å². The Kier molecular flexibility index (Phi) is 7.79. The zero-order valence-electron chi connectivity index (χ0n) is 20.9. The number of hydrogen-bond acceptors (Lipinski definition) is 8. The zero-order valence-corrected chi connectivity index (χ0v) is 23.3. The smallest absolute Gasteiger partial charge is 0.338 e. The molecule has 37 heavy (non-hydrogen) atoms. The van der Waals surface area contributed by atoms with Crippen LogP contribution < -0.4 is 24.4 Å². The van der Waals surface area contributed by atoms with Gasteiger partial charge in [-0.05, 0) is 62.7 Å². The molecule has 3 aromatic rings. The molecular weight excluding hydrogens is 560 g/mol. The van der Waals surface area contributed by atoms with Gasteiger partial charge < -0.3 is 14.2 Å². The molecule has 1 aromatic heterocycles. The van der Waals surface area contributed by atoms with Crippen LogP contribution in [-0.2, 0) is 14.3 Å². The number of methoxy groups -OCH3 is 1. The van der Waals surface area contributed by atoms with Crippen LogP contribution in [0.4, 0.5) is 0 Å². The molecule has 0 saturated carbocycles. The molecule has 0 bridgehead atoms. The van der Waals surface area contributed by atoms with E-state index in [1.165, 1.54) is 29.9 Å². The quantitative estimate of drug-likeness (QED) is 0.322. The first-order chi connectivity index (χ1) is 17.6. The lowest BCUT2D eigenvalue weighted by Gasteiger charge is -2.26. The van der Waals surface area contributed by atoms with Crippen LogP contribution in [0.2, 0.25) is 0 Å². The van der Waals surface area contributed by atoms with E-state index in [2.05, 4.69) is 20.9 Å². The van der Waals surface area contributed by atoms with Crippen molar-refractivity contribution < 1.29 is 23.8 Å². The Labute approximate surface area is 225 Å². The Morgan fingerprint density at radius 3 is 2.49 bits per heavy atom. The summed E-state index contributed by atoms with van der Waals surface area (Å²) in [4.78, 5) is 43.0. The molecule has 4 rings (SSSR count). The maximum absolute atomic E-state index is 13.8. The van der Waals surface area contributed by atoms with Crippen LogP contribution in [0.5, 0.6) is 11.5 Å². The molecule has 0 spiro atoms.